The number of aliphatic imine (C=N–C) groups is 1. The second-order valence-corrected chi connectivity index (χ2v) is 15.1. The molecule has 1 aliphatic heterocycles. The number of nitrogens with one attached hydrogen (secondary N) is 2. The Kier molecular flexibility index (Phi) is 10.6. The van der Waals surface area contributed by atoms with Crippen molar-refractivity contribution in [2.45, 2.75) is 97.7 Å². The lowest BCUT2D eigenvalue weighted by atomic mass is 9.75. The average molecular weight is 644 g/mol. The van der Waals surface area contributed by atoms with Gasteiger partial charge in [0.2, 0.25) is 0 Å². The molecule has 0 unspecified atom stereocenters. The van der Waals surface area contributed by atoms with Crippen molar-refractivity contribution in [3.63, 3.8) is 0 Å². The molecular weight excluding hydrogens is 590 g/mol. The molecule has 254 valence electrons. The molecule has 5 rings (SSSR count). The van der Waals surface area contributed by atoms with Gasteiger partial charge in [-0.2, -0.15) is 5.10 Å². The van der Waals surface area contributed by atoms with Crippen LogP contribution in [0.25, 0.3) is 0 Å². The van der Waals surface area contributed by atoms with Gasteiger partial charge in [-0.3, -0.25) is 14.6 Å². The number of amides is 2. The molecule has 0 radical (unpaired) electrons. The average Bonchev–Trinajstić information content (AvgIpc) is 3.84. The van der Waals surface area contributed by atoms with Crippen molar-refractivity contribution in [1.29, 1.82) is 0 Å². The lowest BCUT2D eigenvalue weighted by Crippen LogP contribution is -2.51. The van der Waals surface area contributed by atoms with Crippen LogP contribution in [0.4, 0.5) is 0 Å². The van der Waals surface area contributed by atoms with Crippen molar-refractivity contribution in [2.75, 3.05) is 13.2 Å². The van der Waals surface area contributed by atoms with E-state index in [0.29, 0.717) is 35.6 Å². The maximum atomic E-state index is 14.8. The van der Waals surface area contributed by atoms with E-state index in [2.05, 4.69) is 55.5 Å². The van der Waals surface area contributed by atoms with Gasteiger partial charge in [0.15, 0.2) is 0 Å². The number of hydrazine groups is 1. The summed E-state index contributed by atoms with van der Waals surface area (Å²) in [6.07, 6.45) is 7.85. The second kappa shape index (κ2) is 14.5. The van der Waals surface area contributed by atoms with Crippen LogP contribution >= 0.6 is 0 Å². The fraction of sp³-hybridized carbons (Fsp3) is 0.568. The number of ether oxygens (including phenoxy) is 1. The normalized spacial score (nSPS) is 22.4. The zero-order valence-corrected chi connectivity index (χ0v) is 28.7. The Morgan fingerprint density at radius 2 is 1.81 bits per heavy atom. The number of nitrogens with two attached hydrogens (primary N) is 2. The molecule has 0 aromatic heterocycles. The van der Waals surface area contributed by atoms with Crippen LogP contribution < -0.4 is 27.2 Å². The molecular formula is C37H53N7O3. The zero-order chi connectivity index (χ0) is 33.8. The summed E-state index contributed by atoms with van der Waals surface area (Å²) in [6.45, 7) is 12.1. The van der Waals surface area contributed by atoms with Gasteiger partial charge in [0.05, 0.1) is 19.2 Å². The largest absolute Gasteiger partial charge is 0.493 e. The van der Waals surface area contributed by atoms with E-state index in [0.717, 1.165) is 55.4 Å². The number of hydrogen-bond acceptors (Lipinski definition) is 7. The van der Waals surface area contributed by atoms with E-state index in [-0.39, 0.29) is 35.7 Å². The van der Waals surface area contributed by atoms with Crippen LogP contribution in [0.15, 0.2) is 58.6 Å². The van der Waals surface area contributed by atoms with Crippen molar-refractivity contribution in [3.8, 4) is 5.75 Å². The summed E-state index contributed by atoms with van der Waals surface area (Å²) in [6, 6.07) is 15.3. The molecule has 2 aromatic carbocycles. The van der Waals surface area contributed by atoms with Crippen LogP contribution in [0.3, 0.4) is 0 Å². The predicted molar refractivity (Wildman–Crippen MR) is 187 cm³/mol. The summed E-state index contributed by atoms with van der Waals surface area (Å²) in [4.78, 5) is 35.1. The van der Waals surface area contributed by atoms with Gasteiger partial charge in [-0.05, 0) is 104 Å². The van der Waals surface area contributed by atoms with Crippen LogP contribution in [0.2, 0.25) is 0 Å². The van der Waals surface area contributed by atoms with Gasteiger partial charge in [-0.1, -0.05) is 58.9 Å². The third-order valence-electron chi connectivity index (χ3n) is 9.93. The van der Waals surface area contributed by atoms with E-state index in [1.807, 2.05) is 48.5 Å². The maximum absolute atomic E-state index is 14.8. The first kappa shape index (κ1) is 34.4. The lowest BCUT2D eigenvalue weighted by Gasteiger charge is -2.46. The third kappa shape index (κ3) is 8.52. The van der Waals surface area contributed by atoms with E-state index >= 15 is 0 Å². The monoisotopic (exact) mass is 643 g/mol. The van der Waals surface area contributed by atoms with Crippen molar-refractivity contribution in [2.24, 2.45) is 44.8 Å². The highest BCUT2D eigenvalue weighted by Gasteiger charge is 2.52. The first-order valence-electron chi connectivity index (χ1n) is 17.2. The number of carbonyl (C=O) groups excluding carboxylic acids is 2. The highest BCUT2D eigenvalue weighted by atomic mass is 16.5. The molecule has 2 fully saturated rings. The molecule has 47 heavy (non-hydrogen) atoms. The molecule has 10 heteroatoms. The first-order chi connectivity index (χ1) is 22.4. The zero-order valence-electron chi connectivity index (χ0n) is 28.7. The Hall–Kier alpha value is -3.92. The molecule has 1 atom stereocenters. The molecule has 2 amide bonds. The number of amidine groups is 1. The smallest absolute Gasteiger partial charge is 0.275 e. The van der Waals surface area contributed by atoms with Gasteiger partial charge in [0, 0.05) is 11.1 Å². The molecule has 1 heterocycles. The van der Waals surface area contributed by atoms with Gasteiger partial charge in [-0.15, -0.1) is 0 Å². The lowest BCUT2D eigenvalue weighted by molar-refractivity contribution is -0.133. The fourth-order valence-electron chi connectivity index (χ4n) is 6.85. The minimum atomic E-state index is -0.616. The topological polar surface area (TPSA) is 147 Å². The van der Waals surface area contributed by atoms with Crippen LogP contribution in [0.1, 0.15) is 114 Å². The minimum absolute atomic E-state index is 0.0312. The SMILES string of the molecule is CC(C)C1CCC2(CC1)N=C(c1cccc(OCC3CC3)c1)C(=O)N2[C@H](CCC(C)(C)C)c1ccc(C(=O)NCC(N)=NNN)cc1. The molecule has 2 saturated carbocycles. The summed E-state index contributed by atoms with van der Waals surface area (Å²) in [7, 11) is 0. The van der Waals surface area contributed by atoms with Gasteiger partial charge in [-0.25, -0.2) is 11.4 Å². The van der Waals surface area contributed by atoms with Gasteiger partial charge < -0.3 is 20.7 Å². The Labute approximate surface area is 279 Å². The Bertz CT molecular complexity index is 1470. The molecule has 0 saturated heterocycles. The van der Waals surface area contributed by atoms with E-state index in [1.165, 1.54) is 12.8 Å². The number of nitrogens with zero attached hydrogens (tertiary/aromatic N) is 3. The molecule has 2 aliphatic carbocycles. The number of benzene rings is 2. The van der Waals surface area contributed by atoms with Gasteiger partial charge >= 0.3 is 0 Å². The quantitative estimate of drug-likeness (QED) is 0.0956. The molecule has 0 bridgehead atoms. The summed E-state index contributed by atoms with van der Waals surface area (Å²) in [5, 5.41) is 6.44. The Balaban J connectivity index is 1.48. The van der Waals surface area contributed by atoms with Crippen LogP contribution in [0.5, 0.6) is 5.75 Å². The third-order valence-corrected chi connectivity index (χ3v) is 9.93. The molecule has 2 aromatic rings. The summed E-state index contributed by atoms with van der Waals surface area (Å²) in [5.41, 5.74) is 10.2. The van der Waals surface area contributed by atoms with E-state index in [1.54, 1.807) is 0 Å². The maximum Gasteiger partial charge on any atom is 0.275 e. The number of carbonyl (C=O) groups is 2. The molecule has 3 aliphatic rings. The van der Waals surface area contributed by atoms with Crippen molar-refractivity contribution in [1.82, 2.24) is 15.8 Å². The van der Waals surface area contributed by atoms with Crippen LogP contribution in [-0.2, 0) is 4.79 Å². The minimum Gasteiger partial charge on any atom is -0.493 e. The van der Waals surface area contributed by atoms with Gasteiger partial charge in [0.1, 0.15) is 23.0 Å². The van der Waals surface area contributed by atoms with Crippen LogP contribution in [0, 0.1) is 23.2 Å². The van der Waals surface area contributed by atoms with E-state index in [9.17, 15) is 9.59 Å². The summed E-state index contributed by atoms with van der Waals surface area (Å²) >= 11 is 0. The van der Waals surface area contributed by atoms with Crippen molar-refractivity contribution < 1.29 is 14.3 Å². The highest BCUT2D eigenvalue weighted by Crippen LogP contribution is 2.48. The molecule has 10 nitrogen and oxygen atoms in total. The van der Waals surface area contributed by atoms with Crippen molar-refractivity contribution in [3.05, 3.63) is 65.2 Å². The van der Waals surface area contributed by atoms with E-state index in [4.69, 9.17) is 21.3 Å². The fourth-order valence-corrected chi connectivity index (χ4v) is 6.85. The highest BCUT2D eigenvalue weighted by molar-refractivity contribution is 6.46. The predicted octanol–water partition coefficient (Wildman–Crippen LogP) is 5.68. The second-order valence-electron chi connectivity index (χ2n) is 15.1. The standard InChI is InChI=1S/C37H53N7O3/c1-24(2)26-15-19-37(20-16-26)41-33(29-7-6-8-30(21-29)47-23-25-9-10-25)35(46)44(37)31(17-18-36(3,4)5)27-11-13-28(14-12-27)34(45)40-22-32(38)42-43-39/h6-8,11-14,21,24-26,31,43H,9-10,15-20,22-23,39H2,1-5H3,(H2,38,42)(H,40,45)/t26?,31-,37?/m1/s1. The summed E-state index contributed by atoms with van der Waals surface area (Å²) in [5.74, 6) is 7.67. The summed E-state index contributed by atoms with van der Waals surface area (Å²) < 4.78 is 6.10. The Morgan fingerprint density at radius 1 is 1.11 bits per heavy atom. The first-order valence-corrected chi connectivity index (χ1v) is 17.2. The number of rotatable bonds is 13. The van der Waals surface area contributed by atoms with Crippen LogP contribution in [-0.4, -0.2) is 47.1 Å². The number of hydrogen-bond donors (Lipinski definition) is 4. The van der Waals surface area contributed by atoms with Crippen molar-refractivity contribution >= 4 is 23.4 Å². The molecule has 6 N–H and O–H groups in total. The molecule has 1 spiro atoms. The number of hydrazone groups is 1. The van der Waals surface area contributed by atoms with E-state index < -0.39 is 5.66 Å². The van der Waals surface area contributed by atoms with Gasteiger partial charge in [0.25, 0.3) is 11.8 Å². The Morgan fingerprint density at radius 3 is 2.43 bits per heavy atom.